The van der Waals surface area contributed by atoms with Crippen LogP contribution in [-0.4, -0.2) is 35.6 Å². The third-order valence-electron chi connectivity index (χ3n) is 4.01. The van der Waals surface area contributed by atoms with E-state index in [0.717, 1.165) is 5.46 Å². The summed E-state index contributed by atoms with van der Waals surface area (Å²) >= 11 is 0. The topological polar surface area (TPSA) is 67.8 Å². The van der Waals surface area contributed by atoms with Crippen molar-refractivity contribution in [1.82, 2.24) is 5.32 Å². The third kappa shape index (κ3) is 3.28. The second kappa shape index (κ2) is 5.44. The molecule has 1 aromatic rings. The van der Waals surface area contributed by atoms with Gasteiger partial charge in [-0.3, -0.25) is 4.79 Å². The molecule has 2 rings (SSSR count). The number of amides is 1. The minimum absolute atomic E-state index is 0.330. The molecule has 1 heterocycles. The summed E-state index contributed by atoms with van der Waals surface area (Å²) in [7, 11) is -0.505. The van der Waals surface area contributed by atoms with Gasteiger partial charge in [0, 0.05) is 5.56 Å². The molecular weight excluding hydrogens is 269 g/mol. The second-order valence-electron chi connectivity index (χ2n) is 6.36. The van der Waals surface area contributed by atoms with Crippen LogP contribution in [0.4, 0.5) is 0 Å². The molecule has 21 heavy (non-hydrogen) atoms. The molecule has 0 radical (unpaired) electrons. The molecule has 0 bridgehead atoms. The SMILES string of the molecule is CC(O)NC(=O)c1cccc(B2OC(C)(C)C(C)(C)O2)c1. The van der Waals surface area contributed by atoms with Gasteiger partial charge in [0.2, 0.25) is 0 Å². The first-order valence-corrected chi connectivity index (χ1v) is 7.07. The number of nitrogens with one attached hydrogen (secondary N) is 1. The van der Waals surface area contributed by atoms with Gasteiger partial charge in [0.15, 0.2) is 0 Å². The van der Waals surface area contributed by atoms with Crippen molar-refractivity contribution in [2.24, 2.45) is 0 Å². The van der Waals surface area contributed by atoms with Crippen LogP contribution in [-0.2, 0) is 9.31 Å². The van der Waals surface area contributed by atoms with Crippen LogP contribution in [0, 0.1) is 0 Å². The number of benzene rings is 1. The number of hydrogen-bond acceptors (Lipinski definition) is 4. The molecule has 1 aromatic carbocycles. The summed E-state index contributed by atoms with van der Waals surface area (Å²) in [6.07, 6.45) is -0.891. The summed E-state index contributed by atoms with van der Waals surface area (Å²) in [6.45, 7) is 9.43. The predicted octanol–water partition coefficient (Wildman–Crippen LogP) is 1.05. The lowest BCUT2D eigenvalue weighted by molar-refractivity contribution is 0.00578. The average molecular weight is 291 g/mol. The molecule has 114 valence electrons. The maximum absolute atomic E-state index is 11.9. The third-order valence-corrected chi connectivity index (χ3v) is 4.01. The standard InChI is InChI=1S/C15H22BNO4/c1-10(18)17-13(19)11-7-6-8-12(9-11)16-20-14(2,3)15(4,5)21-16/h6-10,18H,1-5H3,(H,17,19). The molecular formula is C15H22BNO4. The first-order valence-electron chi connectivity index (χ1n) is 7.07. The average Bonchev–Trinajstić information content (AvgIpc) is 2.58. The fourth-order valence-electron chi connectivity index (χ4n) is 2.08. The van der Waals surface area contributed by atoms with Gasteiger partial charge >= 0.3 is 7.12 Å². The lowest BCUT2D eigenvalue weighted by atomic mass is 9.78. The largest absolute Gasteiger partial charge is 0.494 e. The van der Waals surface area contributed by atoms with E-state index in [1.54, 1.807) is 18.2 Å². The summed E-state index contributed by atoms with van der Waals surface area (Å²) in [5.41, 5.74) is 0.403. The van der Waals surface area contributed by atoms with Crippen LogP contribution in [0.2, 0.25) is 0 Å². The smallest absolute Gasteiger partial charge is 0.399 e. The van der Waals surface area contributed by atoms with E-state index in [4.69, 9.17) is 9.31 Å². The molecule has 5 nitrogen and oxygen atoms in total. The summed E-state index contributed by atoms with van der Waals surface area (Å²) in [4.78, 5) is 11.9. The van der Waals surface area contributed by atoms with Crippen molar-refractivity contribution >= 4 is 18.5 Å². The Kier molecular flexibility index (Phi) is 4.15. The number of rotatable bonds is 3. The monoisotopic (exact) mass is 291 g/mol. The summed E-state index contributed by atoms with van der Waals surface area (Å²) < 4.78 is 11.9. The summed E-state index contributed by atoms with van der Waals surface area (Å²) in [5.74, 6) is -0.330. The molecule has 2 N–H and O–H groups in total. The van der Waals surface area contributed by atoms with Crippen molar-refractivity contribution in [2.45, 2.75) is 52.0 Å². The van der Waals surface area contributed by atoms with E-state index in [0.29, 0.717) is 5.56 Å². The number of aliphatic hydroxyl groups excluding tert-OH is 1. The molecule has 0 aromatic heterocycles. The van der Waals surface area contributed by atoms with Crippen LogP contribution in [0.5, 0.6) is 0 Å². The highest BCUT2D eigenvalue weighted by molar-refractivity contribution is 6.62. The highest BCUT2D eigenvalue weighted by atomic mass is 16.7. The fourth-order valence-corrected chi connectivity index (χ4v) is 2.08. The van der Waals surface area contributed by atoms with Crippen molar-refractivity contribution in [2.75, 3.05) is 0 Å². The van der Waals surface area contributed by atoms with Gasteiger partial charge < -0.3 is 19.7 Å². The zero-order valence-corrected chi connectivity index (χ0v) is 13.1. The highest BCUT2D eigenvalue weighted by Gasteiger charge is 2.51. The Morgan fingerprint density at radius 2 is 1.81 bits per heavy atom. The lowest BCUT2D eigenvalue weighted by Gasteiger charge is -2.32. The minimum Gasteiger partial charge on any atom is -0.399 e. The molecule has 1 aliphatic heterocycles. The molecule has 6 heteroatoms. The van der Waals surface area contributed by atoms with Gasteiger partial charge in [0.1, 0.15) is 6.23 Å². The predicted molar refractivity (Wildman–Crippen MR) is 81.3 cm³/mol. The minimum atomic E-state index is -0.891. The van der Waals surface area contributed by atoms with Crippen LogP contribution >= 0.6 is 0 Å². The molecule has 0 spiro atoms. The molecule has 1 saturated heterocycles. The second-order valence-corrected chi connectivity index (χ2v) is 6.36. The number of carbonyl (C=O) groups is 1. The Balaban J connectivity index is 2.21. The van der Waals surface area contributed by atoms with E-state index in [1.165, 1.54) is 6.92 Å². The Bertz CT molecular complexity index is 526. The van der Waals surface area contributed by atoms with Crippen molar-refractivity contribution in [3.63, 3.8) is 0 Å². The van der Waals surface area contributed by atoms with Crippen LogP contribution in [0.25, 0.3) is 0 Å². The van der Waals surface area contributed by atoms with E-state index in [1.807, 2.05) is 33.8 Å². The van der Waals surface area contributed by atoms with Crippen molar-refractivity contribution in [1.29, 1.82) is 0 Å². The van der Waals surface area contributed by atoms with Crippen LogP contribution in [0.3, 0.4) is 0 Å². The first kappa shape index (κ1) is 16.0. The maximum Gasteiger partial charge on any atom is 0.494 e. The van der Waals surface area contributed by atoms with Gasteiger partial charge in [0.25, 0.3) is 5.91 Å². The van der Waals surface area contributed by atoms with Gasteiger partial charge in [-0.2, -0.15) is 0 Å². The Hall–Kier alpha value is -1.37. The zero-order chi connectivity index (χ0) is 15.8. The molecule has 1 atom stereocenters. The Morgan fingerprint density at radius 1 is 1.24 bits per heavy atom. The molecule has 1 aliphatic rings. The van der Waals surface area contributed by atoms with Crippen molar-refractivity contribution in [3.05, 3.63) is 29.8 Å². The quantitative estimate of drug-likeness (QED) is 0.645. The normalized spacial score (nSPS) is 21.1. The first-order chi connectivity index (χ1) is 9.62. The van der Waals surface area contributed by atoms with Crippen molar-refractivity contribution in [3.8, 4) is 0 Å². The van der Waals surface area contributed by atoms with Gasteiger partial charge in [-0.25, -0.2) is 0 Å². The van der Waals surface area contributed by atoms with E-state index in [2.05, 4.69) is 5.32 Å². The summed E-state index contributed by atoms with van der Waals surface area (Å²) in [5, 5.41) is 11.7. The van der Waals surface area contributed by atoms with Gasteiger partial charge in [-0.1, -0.05) is 12.1 Å². The Morgan fingerprint density at radius 3 is 2.33 bits per heavy atom. The lowest BCUT2D eigenvalue weighted by Crippen LogP contribution is -2.41. The van der Waals surface area contributed by atoms with E-state index < -0.39 is 24.5 Å². The van der Waals surface area contributed by atoms with Crippen LogP contribution in [0.15, 0.2) is 24.3 Å². The fraction of sp³-hybridized carbons (Fsp3) is 0.533. The van der Waals surface area contributed by atoms with Crippen LogP contribution in [0.1, 0.15) is 45.0 Å². The van der Waals surface area contributed by atoms with Gasteiger partial charge in [0.05, 0.1) is 11.2 Å². The maximum atomic E-state index is 11.9. The Labute approximate surface area is 125 Å². The molecule has 1 amide bonds. The molecule has 0 aliphatic carbocycles. The summed E-state index contributed by atoms with van der Waals surface area (Å²) in [6, 6.07) is 7.05. The molecule has 1 fully saturated rings. The van der Waals surface area contributed by atoms with E-state index in [9.17, 15) is 9.90 Å². The van der Waals surface area contributed by atoms with Crippen molar-refractivity contribution < 1.29 is 19.2 Å². The molecule has 1 unspecified atom stereocenters. The van der Waals surface area contributed by atoms with Gasteiger partial charge in [-0.15, -0.1) is 0 Å². The number of aliphatic hydroxyl groups is 1. The molecule has 0 saturated carbocycles. The number of carbonyl (C=O) groups excluding carboxylic acids is 1. The van der Waals surface area contributed by atoms with Crippen LogP contribution < -0.4 is 10.8 Å². The highest BCUT2D eigenvalue weighted by Crippen LogP contribution is 2.36. The zero-order valence-electron chi connectivity index (χ0n) is 13.1. The van der Waals surface area contributed by atoms with Gasteiger partial charge in [-0.05, 0) is 52.2 Å². The van der Waals surface area contributed by atoms with E-state index in [-0.39, 0.29) is 5.91 Å². The van der Waals surface area contributed by atoms with E-state index >= 15 is 0 Å². The number of hydrogen-bond donors (Lipinski definition) is 2.